The van der Waals surface area contributed by atoms with E-state index in [2.05, 4.69) is 5.32 Å². The highest BCUT2D eigenvalue weighted by Crippen LogP contribution is 2.35. The van der Waals surface area contributed by atoms with Crippen LogP contribution in [0, 0.1) is 5.92 Å². The van der Waals surface area contributed by atoms with E-state index in [0.717, 1.165) is 19.3 Å². The summed E-state index contributed by atoms with van der Waals surface area (Å²) < 4.78 is 5.15. The van der Waals surface area contributed by atoms with Crippen LogP contribution >= 0.6 is 0 Å². The first-order valence-corrected chi connectivity index (χ1v) is 7.21. The zero-order valence-corrected chi connectivity index (χ0v) is 12.0. The number of ether oxygens (including phenoxy) is 1. The zero-order valence-electron chi connectivity index (χ0n) is 12.0. The first-order valence-electron chi connectivity index (χ1n) is 7.21. The van der Waals surface area contributed by atoms with Gasteiger partial charge in [0.25, 0.3) is 0 Å². The van der Waals surface area contributed by atoms with Gasteiger partial charge in [0.1, 0.15) is 12.1 Å². The summed E-state index contributed by atoms with van der Waals surface area (Å²) >= 11 is 0. The highest BCUT2D eigenvalue weighted by Gasteiger charge is 2.47. The molecule has 2 aliphatic rings. The van der Waals surface area contributed by atoms with Crippen LogP contribution in [-0.2, 0) is 14.3 Å². The van der Waals surface area contributed by atoms with Crippen LogP contribution in [0.1, 0.15) is 39.5 Å². The minimum atomic E-state index is -0.336. The number of nitrogens with one attached hydrogen (secondary N) is 1. The molecule has 0 aromatic carbocycles. The normalized spacial score (nSPS) is 29.3. The van der Waals surface area contributed by atoms with Gasteiger partial charge in [-0.05, 0) is 32.1 Å². The minimum Gasteiger partial charge on any atom is -0.383 e. The third-order valence-corrected chi connectivity index (χ3v) is 3.99. The van der Waals surface area contributed by atoms with E-state index >= 15 is 0 Å². The van der Waals surface area contributed by atoms with Gasteiger partial charge >= 0.3 is 0 Å². The summed E-state index contributed by atoms with van der Waals surface area (Å²) in [5.41, 5.74) is 0. The van der Waals surface area contributed by atoms with Crippen molar-refractivity contribution < 1.29 is 14.3 Å². The monoisotopic (exact) mass is 268 g/mol. The molecule has 0 spiro atoms. The fraction of sp³-hybridized carbons (Fsp3) is 0.857. The second kappa shape index (κ2) is 5.90. The van der Waals surface area contributed by atoms with Crippen molar-refractivity contribution in [2.75, 3.05) is 13.7 Å². The third-order valence-electron chi connectivity index (χ3n) is 3.99. The number of carbonyl (C=O) groups excluding carboxylic acids is 2. The van der Waals surface area contributed by atoms with Crippen LogP contribution in [0.5, 0.6) is 0 Å². The summed E-state index contributed by atoms with van der Waals surface area (Å²) in [7, 11) is 1.62. The van der Waals surface area contributed by atoms with Crippen molar-refractivity contribution in [1.82, 2.24) is 10.2 Å². The second-order valence-electron chi connectivity index (χ2n) is 5.68. The Morgan fingerprint density at radius 3 is 2.63 bits per heavy atom. The average molecular weight is 268 g/mol. The molecule has 3 unspecified atom stereocenters. The van der Waals surface area contributed by atoms with Crippen molar-refractivity contribution in [1.29, 1.82) is 0 Å². The van der Waals surface area contributed by atoms with E-state index in [1.165, 1.54) is 0 Å². The molecule has 2 fully saturated rings. The number of hydrogen-bond donors (Lipinski definition) is 1. The van der Waals surface area contributed by atoms with Gasteiger partial charge in [-0.1, -0.05) is 13.3 Å². The SMILES string of the molecule is CCCC1C(=O)NC(C2CC2)C(=O)N1C(C)COC. The molecule has 1 aliphatic carbocycles. The van der Waals surface area contributed by atoms with E-state index < -0.39 is 0 Å². The smallest absolute Gasteiger partial charge is 0.246 e. The molecule has 19 heavy (non-hydrogen) atoms. The maximum Gasteiger partial charge on any atom is 0.246 e. The van der Waals surface area contributed by atoms with Crippen molar-refractivity contribution in [3.8, 4) is 0 Å². The van der Waals surface area contributed by atoms with Crippen LogP contribution in [0.15, 0.2) is 0 Å². The maximum absolute atomic E-state index is 12.6. The molecule has 0 aromatic rings. The Balaban J connectivity index is 2.18. The molecule has 108 valence electrons. The van der Waals surface area contributed by atoms with Gasteiger partial charge in [-0.25, -0.2) is 0 Å². The van der Waals surface area contributed by atoms with Gasteiger partial charge in [0.15, 0.2) is 0 Å². The molecule has 2 rings (SSSR count). The Bertz CT molecular complexity index is 355. The lowest BCUT2D eigenvalue weighted by atomic mass is 9.98. The predicted octanol–water partition coefficient (Wildman–Crippen LogP) is 0.927. The van der Waals surface area contributed by atoms with E-state index in [0.29, 0.717) is 18.9 Å². The van der Waals surface area contributed by atoms with Gasteiger partial charge < -0.3 is 15.0 Å². The van der Waals surface area contributed by atoms with Gasteiger partial charge in [0.2, 0.25) is 11.8 Å². The van der Waals surface area contributed by atoms with E-state index in [1.54, 1.807) is 12.0 Å². The number of carbonyl (C=O) groups is 2. The average Bonchev–Trinajstić information content (AvgIpc) is 3.18. The molecular formula is C14H24N2O3. The Labute approximate surface area is 114 Å². The quantitative estimate of drug-likeness (QED) is 0.779. The lowest BCUT2D eigenvalue weighted by molar-refractivity contribution is -0.154. The summed E-state index contributed by atoms with van der Waals surface area (Å²) in [6, 6.07) is -0.695. The van der Waals surface area contributed by atoms with Crippen LogP contribution < -0.4 is 5.32 Å². The standard InChI is InChI=1S/C14H24N2O3/c1-4-5-11-13(17)15-12(10-6-7-10)14(18)16(11)9(2)8-19-3/h9-12H,4-8H2,1-3H3,(H,15,17). The number of methoxy groups -OCH3 is 1. The van der Waals surface area contributed by atoms with Gasteiger partial charge in [0.05, 0.1) is 12.6 Å². The first kappa shape index (κ1) is 14.3. The predicted molar refractivity (Wildman–Crippen MR) is 71.5 cm³/mol. The molecule has 0 aromatic heterocycles. The Hall–Kier alpha value is -1.10. The summed E-state index contributed by atoms with van der Waals surface area (Å²) in [5, 5.41) is 2.92. The number of hydrogen-bond acceptors (Lipinski definition) is 3. The van der Waals surface area contributed by atoms with Gasteiger partial charge in [-0.2, -0.15) is 0 Å². The van der Waals surface area contributed by atoms with E-state index in [9.17, 15) is 9.59 Å². The molecule has 5 nitrogen and oxygen atoms in total. The summed E-state index contributed by atoms with van der Waals surface area (Å²) in [5.74, 6) is 0.419. The van der Waals surface area contributed by atoms with Crippen LogP contribution in [0.25, 0.3) is 0 Å². The molecular weight excluding hydrogens is 244 g/mol. The van der Waals surface area contributed by atoms with E-state index in [4.69, 9.17) is 4.74 Å². The maximum atomic E-state index is 12.6. The van der Waals surface area contributed by atoms with Crippen LogP contribution in [0.4, 0.5) is 0 Å². The molecule has 1 saturated carbocycles. The highest BCUT2D eigenvalue weighted by atomic mass is 16.5. The molecule has 1 saturated heterocycles. The van der Waals surface area contributed by atoms with Crippen LogP contribution in [0.2, 0.25) is 0 Å². The molecule has 1 heterocycles. The van der Waals surface area contributed by atoms with Crippen molar-refractivity contribution in [3.63, 3.8) is 0 Å². The fourth-order valence-corrected chi connectivity index (χ4v) is 2.89. The molecule has 0 radical (unpaired) electrons. The number of nitrogens with zero attached hydrogens (tertiary/aromatic N) is 1. The zero-order chi connectivity index (χ0) is 14.0. The topological polar surface area (TPSA) is 58.6 Å². The van der Waals surface area contributed by atoms with Crippen molar-refractivity contribution >= 4 is 11.8 Å². The van der Waals surface area contributed by atoms with Crippen LogP contribution in [0.3, 0.4) is 0 Å². The molecule has 1 aliphatic heterocycles. The Morgan fingerprint density at radius 2 is 2.11 bits per heavy atom. The summed E-state index contributed by atoms with van der Waals surface area (Å²) in [6.07, 6.45) is 3.68. The lowest BCUT2D eigenvalue weighted by Gasteiger charge is -2.42. The molecule has 1 N–H and O–H groups in total. The fourth-order valence-electron chi connectivity index (χ4n) is 2.89. The van der Waals surface area contributed by atoms with Crippen LogP contribution in [-0.4, -0.2) is 48.6 Å². The molecule has 3 atom stereocenters. The number of amides is 2. The Morgan fingerprint density at radius 1 is 1.42 bits per heavy atom. The molecule has 0 bridgehead atoms. The summed E-state index contributed by atoms with van der Waals surface area (Å²) in [4.78, 5) is 26.6. The minimum absolute atomic E-state index is 0.00121. The summed E-state index contributed by atoms with van der Waals surface area (Å²) in [6.45, 7) is 4.45. The Kier molecular flexibility index (Phi) is 4.45. The van der Waals surface area contributed by atoms with E-state index in [-0.39, 0.29) is 29.9 Å². The number of piperazine rings is 1. The highest BCUT2D eigenvalue weighted by molar-refractivity contribution is 5.97. The van der Waals surface area contributed by atoms with E-state index in [1.807, 2.05) is 13.8 Å². The third kappa shape index (κ3) is 2.91. The van der Waals surface area contributed by atoms with Gasteiger partial charge in [0, 0.05) is 7.11 Å². The largest absolute Gasteiger partial charge is 0.383 e. The first-order chi connectivity index (χ1) is 9.10. The van der Waals surface area contributed by atoms with Gasteiger partial charge in [-0.15, -0.1) is 0 Å². The lowest BCUT2D eigenvalue weighted by Crippen LogP contribution is -2.66. The molecule has 2 amide bonds. The van der Waals surface area contributed by atoms with Crippen molar-refractivity contribution in [2.24, 2.45) is 5.92 Å². The van der Waals surface area contributed by atoms with Crippen molar-refractivity contribution in [3.05, 3.63) is 0 Å². The van der Waals surface area contributed by atoms with Crippen molar-refractivity contribution in [2.45, 2.75) is 57.7 Å². The molecule has 5 heteroatoms. The van der Waals surface area contributed by atoms with Gasteiger partial charge in [-0.3, -0.25) is 9.59 Å². The number of rotatable bonds is 6. The second-order valence-corrected chi connectivity index (χ2v) is 5.68.